The van der Waals surface area contributed by atoms with Gasteiger partial charge in [-0.05, 0) is 60.7 Å². The van der Waals surface area contributed by atoms with E-state index >= 15 is 0 Å². The van der Waals surface area contributed by atoms with E-state index < -0.39 is 27.3 Å². The van der Waals surface area contributed by atoms with E-state index in [1.165, 1.54) is 0 Å². The third kappa shape index (κ3) is 6.55. The molecule has 1 aliphatic rings. The van der Waals surface area contributed by atoms with Gasteiger partial charge in [-0.2, -0.15) is 0 Å². The molecule has 0 spiro atoms. The first-order chi connectivity index (χ1) is 17.6. The number of carbonyl (C=O) groups is 1. The van der Waals surface area contributed by atoms with Gasteiger partial charge in [-0.25, -0.2) is 8.42 Å². The van der Waals surface area contributed by atoms with Crippen molar-refractivity contribution in [2.45, 2.75) is 89.1 Å². The molecule has 2 aromatic rings. The maximum atomic E-state index is 13.8. The molecule has 0 bridgehead atoms. The van der Waals surface area contributed by atoms with Gasteiger partial charge in [-0.15, -0.1) is 0 Å². The number of nitrogens with zero attached hydrogens (tertiary/aromatic N) is 1. The van der Waals surface area contributed by atoms with Crippen molar-refractivity contribution in [3.05, 3.63) is 53.6 Å². The fourth-order valence-corrected chi connectivity index (χ4v) is 7.83. The van der Waals surface area contributed by atoms with Gasteiger partial charge in [0, 0.05) is 43.2 Å². The molecular formula is C30H44N2O4S. The van der Waals surface area contributed by atoms with E-state index in [1.54, 1.807) is 6.07 Å². The van der Waals surface area contributed by atoms with E-state index in [0.717, 1.165) is 43.4 Å². The summed E-state index contributed by atoms with van der Waals surface area (Å²) in [6.45, 7) is 6.18. The number of hydrogen-bond acceptors (Lipinski definition) is 5. The number of nitrogens with one attached hydrogen (secondary N) is 1. The molecule has 3 unspecified atom stereocenters. The number of aliphatic hydroxyl groups excluding tert-OH is 1. The predicted octanol–water partition coefficient (Wildman–Crippen LogP) is 6.14. The second-order valence-corrected chi connectivity index (χ2v) is 12.7. The lowest BCUT2D eigenvalue weighted by atomic mass is 9.69. The van der Waals surface area contributed by atoms with Crippen LogP contribution in [0.3, 0.4) is 0 Å². The minimum absolute atomic E-state index is 0.0317. The molecule has 1 heterocycles. The topological polar surface area (TPSA) is 86.7 Å². The van der Waals surface area contributed by atoms with Crippen molar-refractivity contribution in [1.29, 1.82) is 0 Å². The van der Waals surface area contributed by atoms with Crippen molar-refractivity contribution in [1.82, 2.24) is 0 Å². The molecule has 0 fully saturated rings. The van der Waals surface area contributed by atoms with Crippen LogP contribution in [0.15, 0.2) is 47.4 Å². The van der Waals surface area contributed by atoms with Crippen molar-refractivity contribution >= 4 is 27.1 Å². The summed E-state index contributed by atoms with van der Waals surface area (Å²) in [6.07, 6.45) is 5.45. The molecule has 0 saturated carbocycles. The molecule has 0 aromatic heterocycles. The quantitative estimate of drug-likeness (QED) is 0.342. The van der Waals surface area contributed by atoms with Gasteiger partial charge in [0.2, 0.25) is 5.91 Å². The van der Waals surface area contributed by atoms with Crippen LogP contribution >= 0.6 is 0 Å². The number of aliphatic hydroxyl groups is 1. The molecule has 2 N–H and O–H groups in total. The highest BCUT2D eigenvalue weighted by atomic mass is 32.2. The monoisotopic (exact) mass is 528 g/mol. The average Bonchev–Trinajstić information content (AvgIpc) is 2.93. The number of anilines is 2. The number of unbranched alkanes of at least 4 members (excludes halogenated alkanes) is 3. The molecule has 2 aromatic carbocycles. The zero-order chi connectivity index (χ0) is 27.2. The summed E-state index contributed by atoms with van der Waals surface area (Å²) in [5, 5.41) is 15.1. The molecule has 37 heavy (non-hydrogen) atoms. The van der Waals surface area contributed by atoms with Crippen molar-refractivity contribution in [2.24, 2.45) is 5.41 Å². The Bertz CT molecular complexity index is 1180. The molecule has 0 radical (unpaired) electrons. The fraction of sp³-hybridized carbons (Fsp3) is 0.567. The Hall–Kier alpha value is -2.38. The van der Waals surface area contributed by atoms with E-state index in [4.69, 9.17) is 0 Å². The van der Waals surface area contributed by atoms with Crippen LogP contribution in [0.2, 0.25) is 0 Å². The number of fused-ring (bicyclic) bond motifs is 1. The Labute approximate surface area is 223 Å². The first kappa shape index (κ1) is 29.2. The molecule has 1 amide bonds. The number of sulfone groups is 1. The Kier molecular flexibility index (Phi) is 9.81. The van der Waals surface area contributed by atoms with Crippen LogP contribution in [-0.2, 0) is 14.6 Å². The molecule has 3 rings (SSSR count). The Morgan fingerprint density at radius 2 is 1.78 bits per heavy atom. The average molecular weight is 529 g/mol. The number of hydrogen-bond donors (Lipinski definition) is 2. The van der Waals surface area contributed by atoms with Crippen LogP contribution < -0.4 is 10.2 Å². The zero-order valence-electron chi connectivity index (χ0n) is 23.1. The van der Waals surface area contributed by atoms with Gasteiger partial charge in [0.05, 0.1) is 16.8 Å². The highest BCUT2D eigenvalue weighted by Gasteiger charge is 2.49. The van der Waals surface area contributed by atoms with E-state index in [1.807, 2.05) is 62.3 Å². The summed E-state index contributed by atoms with van der Waals surface area (Å²) >= 11 is 0. The molecule has 7 heteroatoms. The SMILES string of the molecule is CCCCCC(=O)Nc1cccc(C2c3cc(N(C)C)ccc3S(=O)(=O)CC(CC)(CCCC)C2O)c1. The van der Waals surface area contributed by atoms with Gasteiger partial charge < -0.3 is 15.3 Å². The number of benzene rings is 2. The van der Waals surface area contributed by atoms with E-state index in [-0.39, 0.29) is 11.7 Å². The highest BCUT2D eigenvalue weighted by Crippen LogP contribution is 2.49. The lowest BCUT2D eigenvalue weighted by molar-refractivity contribution is -0.116. The maximum Gasteiger partial charge on any atom is 0.224 e. The Morgan fingerprint density at radius 1 is 1.05 bits per heavy atom. The van der Waals surface area contributed by atoms with Gasteiger partial charge in [0.25, 0.3) is 0 Å². The second kappa shape index (κ2) is 12.4. The minimum atomic E-state index is -3.64. The Balaban J connectivity index is 2.16. The van der Waals surface area contributed by atoms with E-state index in [2.05, 4.69) is 19.2 Å². The standard InChI is InChI=1S/C30H44N2O4S/c1-6-9-11-15-27(33)31-23-14-12-13-22(19-23)28-25-20-24(32(4)5)16-17-26(25)37(35,36)21-30(8-3,29(28)34)18-10-7-2/h12-14,16-17,19-20,28-29,34H,6-11,15,18,21H2,1-5H3,(H,31,33). The van der Waals surface area contributed by atoms with Gasteiger partial charge in [-0.3, -0.25) is 4.79 Å². The van der Waals surface area contributed by atoms with Crippen LogP contribution in [0.25, 0.3) is 0 Å². The molecule has 0 saturated heterocycles. The molecule has 204 valence electrons. The number of rotatable bonds is 11. The van der Waals surface area contributed by atoms with Gasteiger partial charge in [0.15, 0.2) is 9.84 Å². The van der Waals surface area contributed by atoms with E-state index in [0.29, 0.717) is 35.4 Å². The highest BCUT2D eigenvalue weighted by molar-refractivity contribution is 7.91. The second-order valence-electron chi connectivity index (χ2n) is 10.7. The summed E-state index contributed by atoms with van der Waals surface area (Å²) in [5.74, 6) is -0.646. The summed E-state index contributed by atoms with van der Waals surface area (Å²) < 4.78 is 27.6. The lowest BCUT2D eigenvalue weighted by Gasteiger charge is -2.39. The van der Waals surface area contributed by atoms with Crippen LogP contribution in [0.1, 0.15) is 89.2 Å². The van der Waals surface area contributed by atoms with Crippen LogP contribution in [0.4, 0.5) is 11.4 Å². The summed E-state index contributed by atoms with van der Waals surface area (Å²) in [7, 11) is 0.207. The van der Waals surface area contributed by atoms with Crippen LogP contribution in [0.5, 0.6) is 0 Å². The number of carbonyl (C=O) groups excluding carboxylic acids is 1. The molecule has 3 atom stereocenters. The molecular weight excluding hydrogens is 484 g/mol. The predicted molar refractivity (Wildman–Crippen MR) is 152 cm³/mol. The maximum absolute atomic E-state index is 13.8. The van der Waals surface area contributed by atoms with Gasteiger partial charge in [0.1, 0.15) is 0 Å². The Morgan fingerprint density at radius 3 is 2.43 bits per heavy atom. The molecule has 1 aliphatic heterocycles. The van der Waals surface area contributed by atoms with Crippen molar-refractivity contribution in [3.8, 4) is 0 Å². The third-order valence-electron chi connectivity index (χ3n) is 7.87. The largest absolute Gasteiger partial charge is 0.392 e. The van der Waals surface area contributed by atoms with Crippen LogP contribution in [-0.4, -0.2) is 45.4 Å². The smallest absolute Gasteiger partial charge is 0.224 e. The molecule has 0 aliphatic carbocycles. The first-order valence-corrected chi connectivity index (χ1v) is 15.4. The summed E-state index contributed by atoms with van der Waals surface area (Å²) in [6, 6.07) is 13.0. The van der Waals surface area contributed by atoms with Crippen molar-refractivity contribution < 1.29 is 18.3 Å². The van der Waals surface area contributed by atoms with Crippen molar-refractivity contribution in [2.75, 3.05) is 30.1 Å². The van der Waals surface area contributed by atoms with E-state index in [9.17, 15) is 18.3 Å². The molecule has 6 nitrogen and oxygen atoms in total. The third-order valence-corrected chi connectivity index (χ3v) is 9.87. The van der Waals surface area contributed by atoms with Gasteiger partial charge in [-0.1, -0.05) is 58.6 Å². The first-order valence-electron chi connectivity index (χ1n) is 13.7. The minimum Gasteiger partial charge on any atom is -0.392 e. The fourth-order valence-electron chi connectivity index (χ4n) is 5.57. The summed E-state index contributed by atoms with van der Waals surface area (Å²) in [4.78, 5) is 14.8. The van der Waals surface area contributed by atoms with Crippen LogP contribution in [0, 0.1) is 5.41 Å². The van der Waals surface area contributed by atoms with Gasteiger partial charge >= 0.3 is 0 Å². The van der Waals surface area contributed by atoms with Crippen molar-refractivity contribution in [3.63, 3.8) is 0 Å². The zero-order valence-corrected chi connectivity index (χ0v) is 23.9. The normalized spacial score (nSPS) is 22.6. The number of amides is 1. The lowest BCUT2D eigenvalue weighted by Crippen LogP contribution is -2.42. The summed E-state index contributed by atoms with van der Waals surface area (Å²) in [5.41, 5.74) is 2.21.